The predicted octanol–water partition coefficient (Wildman–Crippen LogP) is 6.29. The Balaban J connectivity index is 1.93. The number of carbonyl (C=O) groups excluding carboxylic acids is 1. The van der Waals surface area contributed by atoms with E-state index in [1.54, 1.807) is 42.5 Å². The highest BCUT2D eigenvalue weighted by molar-refractivity contribution is 6.21. The first kappa shape index (κ1) is 17.3. The highest BCUT2D eigenvalue weighted by Gasteiger charge is 2.23. The second-order valence-corrected chi connectivity index (χ2v) is 6.84. The molecule has 0 saturated heterocycles. The Bertz CT molecular complexity index is 1370. The number of fused-ring (bicyclic) bond motifs is 3. The Morgan fingerprint density at radius 1 is 0.690 bits per heavy atom. The smallest absolute Gasteiger partial charge is 0.198 e. The van der Waals surface area contributed by atoms with Crippen molar-refractivity contribution >= 4 is 27.6 Å². The molecule has 0 radical (unpaired) electrons. The minimum absolute atomic E-state index is 0.00854. The SMILES string of the molecule is O=C(c1ccccc1)c1c(F)ccc2c3ccccc3n(-c3ccc(F)cc3)c12. The fourth-order valence-electron chi connectivity index (χ4n) is 3.84. The average molecular weight is 383 g/mol. The molecule has 0 aliphatic heterocycles. The van der Waals surface area contributed by atoms with Crippen LogP contribution >= 0.6 is 0 Å². The summed E-state index contributed by atoms with van der Waals surface area (Å²) in [5.74, 6) is -1.33. The number of ketones is 1. The van der Waals surface area contributed by atoms with Crippen LogP contribution in [0.2, 0.25) is 0 Å². The maximum Gasteiger partial charge on any atom is 0.198 e. The van der Waals surface area contributed by atoms with E-state index in [-0.39, 0.29) is 17.2 Å². The Kier molecular flexibility index (Phi) is 3.98. The third kappa shape index (κ3) is 2.72. The lowest BCUT2D eigenvalue weighted by atomic mass is 9.99. The fraction of sp³-hybridized carbons (Fsp3) is 0. The van der Waals surface area contributed by atoms with Crippen molar-refractivity contribution in [2.24, 2.45) is 0 Å². The van der Waals surface area contributed by atoms with Gasteiger partial charge in [-0.25, -0.2) is 8.78 Å². The van der Waals surface area contributed by atoms with Gasteiger partial charge in [0.05, 0.1) is 16.6 Å². The van der Waals surface area contributed by atoms with Crippen LogP contribution in [0.3, 0.4) is 0 Å². The van der Waals surface area contributed by atoms with Crippen LogP contribution in [-0.2, 0) is 0 Å². The quantitative estimate of drug-likeness (QED) is 0.336. The summed E-state index contributed by atoms with van der Waals surface area (Å²) in [7, 11) is 0. The third-order valence-corrected chi connectivity index (χ3v) is 5.13. The first-order chi connectivity index (χ1) is 14.1. The standard InChI is InChI=1S/C25H15F2NO/c26-17-10-12-18(13-11-17)28-22-9-5-4-8-19(22)20-14-15-21(27)23(24(20)28)25(29)16-6-2-1-3-7-16/h1-15H. The molecule has 0 spiro atoms. The van der Waals surface area contributed by atoms with E-state index in [4.69, 9.17) is 0 Å². The van der Waals surface area contributed by atoms with Crippen molar-refractivity contribution < 1.29 is 13.6 Å². The van der Waals surface area contributed by atoms with Gasteiger partial charge in [0, 0.05) is 22.0 Å². The van der Waals surface area contributed by atoms with E-state index in [2.05, 4.69) is 0 Å². The van der Waals surface area contributed by atoms with Crippen molar-refractivity contribution in [2.75, 3.05) is 0 Å². The molecule has 140 valence electrons. The zero-order valence-corrected chi connectivity index (χ0v) is 15.3. The number of carbonyl (C=O) groups is 1. The van der Waals surface area contributed by atoms with E-state index in [0.717, 1.165) is 16.3 Å². The van der Waals surface area contributed by atoms with Crippen LogP contribution in [0.5, 0.6) is 0 Å². The van der Waals surface area contributed by atoms with E-state index in [1.165, 1.54) is 18.2 Å². The monoisotopic (exact) mass is 383 g/mol. The summed E-state index contributed by atoms with van der Waals surface area (Å²) in [6.45, 7) is 0. The number of hydrogen-bond donors (Lipinski definition) is 0. The van der Waals surface area contributed by atoms with E-state index >= 15 is 4.39 Å². The van der Waals surface area contributed by atoms with E-state index in [1.807, 2.05) is 34.9 Å². The van der Waals surface area contributed by atoms with Crippen LogP contribution in [0.25, 0.3) is 27.5 Å². The van der Waals surface area contributed by atoms with Gasteiger partial charge in [-0.3, -0.25) is 4.79 Å². The zero-order valence-electron chi connectivity index (χ0n) is 15.3. The molecule has 2 nitrogen and oxygen atoms in total. The number of rotatable bonds is 3. The Morgan fingerprint density at radius 3 is 2.14 bits per heavy atom. The van der Waals surface area contributed by atoms with Crippen LogP contribution in [0.4, 0.5) is 8.78 Å². The molecule has 29 heavy (non-hydrogen) atoms. The number of halogens is 2. The summed E-state index contributed by atoms with van der Waals surface area (Å²) in [4.78, 5) is 13.3. The summed E-state index contributed by atoms with van der Waals surface area (Å²) in [5, 5.41) is 1.67. The summed E-state index contributed by atoms with van der Waals surface area (Å²) in [6, 6.07) is 25.3. The Morgan fingerprint density at radius 2 is 1.38 bits per heavy atom. The van der Waals surface area contributed by atoms with Crippen molar-refractivity contribution in [1.29, 1.82) is 0 Å². The number of benzene rings is 4. The minimum Gasteiger partial charge on any atom is -0.308 e. The van der Waals surface area contributed by atoms with Crippen LogP contribution in [-0.4, -0.2) is 10.4 Å². The topological polar surface area (TPSA) is 22.0 Å². The molecule has 0 aliphatic rings. The Labute approximate surface area is 165 Å². The molecule has 0 bridgehead atoms. The summed E-state index contributed by atoms with van der Waals surface area (Å²) >= 11 is 0. The molecular formula is C25H15F2NO. The highest BCUT2D eigenvalue weighted by atomic mass is 19.1. The third-order valence-electron chi connectivity index (χ3n) is 5.13. The van der Waals surface area contributed by atoms with Gasteiger partial charge < -0.3 is 4.57 Å². The zero-order chi connectivity index (χ0) is 20.0. The maximum absolute atomic E-state index is 15.0. The van der Waals surface area contributed by atoms with E-state index in [9.17, 15) is 9.18 Å². The second-order valence-electron chi connectivity index (χ2n) is 6.84. The van der Waals surface area contributed by atoms with Crippen LogP contribution < -0.4 is 0 Å². The van der Waals surface area contributed by atoms with Gasteiger partial charge in [0.15, 0.2) is 5.78 Å². The van der Waals surface area contributed by atoms with Gasteiger partial charge in [0.25, 0.3) is 0 Å². The summed E-state index contributed by atoms with van der Waals surface area (Å²) in [5.41, 5.74) is 2.38. The highest BCUT2D eigenvalue weighted by Crippen LogP contribution is 2.35. The number of nitrogens with zero attached hydrogens (tertiary/aromatic N) is 1. The van der Waals surface area contributed by atoms with Gasteiger partial charge in [-0.1, -0.05) is 48.5 Å². The first-order valence-electron chi connectivity index (χ1n) is 9.22. The van der Waals surface area contributed by atoms with Gasteiger partial charge in [0.1, 0.15) is 11.6 Å². The Hall–Kier alpha value is -3.79. The number of hydrogen-bond acceptors (Lipinski definition) is 1. The lowest BCUT2D eigenvalue weighted by molar-refractivity contribution is 0.103. The number of para-hydroxylation sites is 1. The van der Waals surface area contributed by atoms with Crippen LogP contribution in [0.15, 0.2) is 91.0 Å². The van der Waals surface area contributed by atoms with Crippen molar-refractivity contribution in [3.05, 3.63) is 114 Å². The number of aromatic nitrogens is 1. The molecule has 0 N–H and O–H groups in total. The van der Waals surface area contributed by atoms with Gasteiger partial charge >= 0.3 is 0 Å². The van der Waals surface area contributed by atoms with Gasteiger partial charge in [-0.2, -0.15) is 0 Å². The molecule has 5 aromatic rings. The molecular weight excluding hydrogens is 368 g/mol. The molecule has 0 fully saturated rings. The molecule has 0 saturated carbocycles. The predicted molar refractivity (Wildman–Crippen MR) is 111 cm³/mol. The molecule has 0 amide bonds. The van der Waals surface area contributed by atoms with Crippen molar-refractivity contribution in [1.82, 2.24) is 4.57 Å². The van der Waals surface area contributed by atoms with Gasteiger partial charge in [-0.15, -0.1) is 0 Å². The minimum atomic E-state index is -0.586. The molecule has 4 aromatic carbocycles. The molecule has 4 heteroatoms. The van der Waals surface area contributed by atoms with Crippen molar-refractivity contribution in [3.8, 4) is 5.69 Å². The average Bonchev–Trinajstić information content (AvgIpc) is 3.09. The first-order valence-corrected chi connectivity index (χ1v) is 9.22. The molecule has 1 aromatic heterocycles. The summed E-state index contributed by atoms with van der Waals surface area (Å²) < 4.78 is 30.4. The van der Waals surface area contributed by atoms with Gasteiger partial charge in [0.2, 0.25) is 0 Å². The van der Waals surface area contributed by atoms with Crippen molar-refractivity contribution in [3.63, 3.8) is 0 Å². The molecule has 5 rings (SSSR count). The lowest BCUT2D eigenvalue weighted by Gasteiger charge is -2.12. The molecule has 0 unspecified atom stereocenters. The van der Waals surface area contributed by atoms with Gasteiger partial charge in [-0.05, 0) is 42.5 Å². The normalized spacial score (nSPS) is 11.2. The lowest BCUT2D eigenvalue weighted by Crippen LogP contribution is -2.08. The van der Waals surface area contributed by atoms with Crippen molar-refractivity contribution in [2.45, 2.75) is 0 Å². The van der Waals surface area contributed by atoms with Crippen LogP contribution in [0.1, 0.15) is 15.9 Å². The summed E-state index contributed by atoms with van der Waals surface area (Å²) in [6.07, 6.45) is 0. The molecule has 0 aliphatic carbocycles. The maximum atomic E-state index is 15.0. The molecule has 1 heterocycles. The second kappa shape index (κ2) is 6.67. The molecule has 0 atom stereocenters. The largest absolute Gasteiger partial charge is 0.308 e. The van der Waals surface area contributed by atoms with E-state index in [0.29, 0.717) is 16.8 Å². The van der Waals surface area contributed by atoms with Crippen LogP contribution in [0, 0.1) is 11.6 Å². The van der Waals surface area contributed by atoms with E-state index < -0.39 is 5.82 Å². The fourth-order valence-corrected chi connectivity index (χ4v) is 3.84.